The Balaban J connectivity index is 2.08. The van der Waals surface area contributed by atoms with Gasteiger partial charge in [0.15, 0.2) is 0 Å². The average molecular weight is 328 g/mol. The zero-order chi connectivity index (χ0) is 11.5. The maximum absolute atomic E-state index is 5.91. The molecule has 0 spiro atoms. The van der Waals surface area contributed by atoms with Crippen LogP contribution < -0.4 is 11.1 Å². The summed E-state index contributed by atoms with van der Waals surface area (Å²) in [6, 6.07) is 7.96. The highest BCUT2D eigenvalue weighted by molar-refractivity contribution is 14.1. The molecule has 16 heavy (non-hydrogen) atoms. The molecule has 2 aromatic rings. The molecule has 3 N–H and O–H groups in total. The van der Waals surface area contributed by atoms with E-state index in [0.717, 1.165) is 27.2 Å². The largest absolute Gasteiger partial charge is 0.397 e. The van der Waals surface area contributed by atoms with E-state index >= 15 is 0 Å². The molecule has 1 heterocycles. The van der Waals surface area contributed by atoms with Gasteiger partial charge in [-0.15, -0.1) is 0 Å². The molecule has 2 rings (SSSR count). The molecule has 0 unspecified atom stereocenters. The Bertz CT molecular complexity index is 492. The Morgan fingerprint density at radius 3 is 2.88 bits per heavy atom. The van der Waals surface area contributed by atoms with Crippen molar-refractivity contribution in [2.75, 3.05) is 11.1 Å². The van der Waals surface area contributed by atoms with Crippen LogP contribution in [0.2, 0.25) is 0 Å². The number of aromatic nitrogens is 2. The van der Waals surface area contributed by atoms with Crippen molar-refractivity contribution >= 4 is 34.0 Å². The van der Waals surface area contributed by atoms with Gasteiger partial charge in [-0.05, 0) is 46.9 Å². The Kier molecular flexibility index (Phi) is 3.33. The SMILES string of the molecule is Cn1nccc1CNc1ccc(I)cc1N. The number of anilines is 2. The number of nitrogen functional groups attached to an aromatic ring is 1. The molecule has 0 bridgehead atoms. The summed E-state index contributed by atoms with van der Waals surface area (Å²) < 4.78 is 2.98. The third kappa shape index (κ3) is 2.46. The molecule has 0 saturated heterocycles. The monoisotopic (exact) mass is 328 g/mol. The van der Waals surface area contributed by atoms with E-state index < -0.39 is 0 Å². The Hall–Kier alpha value is -1.24. The minimum absolute atomic E-state index is 0.724. The molecule has 0 saturated carbocycles. The molecule has 0 amide bonds. The van der Waals surface area contributed by atoms with Gasteiger partial charge in [-0.1, -0.05) is 0 Å². The number of nitrogens with zero attached hydrogens (tertiary/aromatic N) is 2. The number of hydrogen-bond donors (Lipinski definition) is 2. The van der Waals surface area contributed by atoms with Crippen molar-refractivity contribution in [2.24, 2.45) is 7.05 Å². The summed E-state index contributed by atoms with van der Waals surface area (Å²) in [7, 11) is 1.92. The molecular weight excluding hydrogens is 315 g/mol. The number of nitrogens with two attached hydrogens (primary N) is 1. The molecule has 0 aliphatic heterocycles. The lowest BCUT2D eigenvalue weighted by molar-refractivity contribution is 0.720. The lowest BCUT2D eigenvalue weighted by Gasteiger charge is -2.09. The third-order valence-electron chi connectivity index (χ3n) is 2.40. The molecule has 84 valence electrons. The first-order chi connectivity index (χ1) is 7.66. The lowest BCUT2D eigenvalue weighted by atomic mass is 10.2. The molecule has 0 aliphatic carbocycles. The Morgan fingerprint density at radius 2 is 2.25 bits per heavy atom. The van der Waals surface area contributed by atoms with E-state index in [0.29, 0.717) is 0 Å². The number of hydrogen-bond acceptors (Lipinski definition) is 3. The standard InChI is InChI=1S/C11H13IN4/c1-16-9(4-5-15-16)7-14-11-3-2-8(12)6-10(11)13/h2-6,14H,7,13H2,1H3. The maximum Gasteiger partial charge on any atom is 0.0577 e. The van der Waals surface area contributed by atoms with E-state index in [9.17, 15) is 0 Å². The second-order valence-corrected chi connectivity index (χ2v) is 4.78. The molecule has 0 atom stereocenters. The van der Waals surface area contributed by atoms with Crippen molar-refractivity contribution in [3.63, 3.8) is 0 Å². The molecule has 1 aromatic heterocycles. The highest BCUT2D eigenvalue weighted by Gasteiger charge is 2.01. The highest BCUT2D eigenvalue weighted by Crippen LogP contribution is 2.21. The van der Waals surface area contributed by atoms with Gasteiger partial charge < -0.3 is 11.1 Å². The van der Waals surface area contributed by atoms with Crippen LogP contribution in [0.1, 0.15) is 5.69 Å². The van der Waals surface area contributed by atoms with Crippen molar-refractivity contribution < 1.29 is 0 Å². The molecule has 0 aliphatic rings. The normalized spacial score (nSPS) is 10.4. The van der Waals surface area contributed by atoms with Crippen molar-refractivity contribution in [1.29, 1.82) is 0 Å². The molecule has 0 radical (unpaired) electrons. The van der Waals surface area contributed by atoms with Crippen LogP contribution in [-0.4, -0.2) is 9.78 Å². The van der Waals surface area contributed by atoms with Gasteiger partial charge in [-0.2, -0.15) is 5.10 Å². The summed E-state index contributed by atoms with van der Waals surface area (Å²) in [6.07, 6.45) is 1.79. The summed E-state index contributed by atoms with van der Waals surface area (Å²) >= 11 is 2.24. The summed E-state index contributed by atoms with van der Waals surface area (Å²) in [5.41, 5.74) is 8.76. The maximum atomic E-state index is 5.91. The van der Waals surface area contributed by atoms with Gasteiger partial charge >= 0.3 is 0 Å². The fourth-order valence-electron chi connectivity index (χ4n) is 1.46. The first kappa shape index (κ1) is 11.3. The van der Waals surface area contributed by atoms with E-state index in [1.807, 2.05) is 36.0 Å². The summed E-state index contributed by atoms with van der Waals surface area (Å²) in [5, 5.41) is 7.40. The number of rotatable bonds is 3. The quantitative estimate of drug-likeness (QED) is 0.671. The smallest absolute Gasteiger partial charge is 0.0577 e. The Morgan fingerprint density at radius 1 is 1.44 bits per heavy atom. The predicted molar refractivity (Wildman–Crippen MR) is 74.1 cm³/mol. The van der Waals surface area contributed by atoms with Gasteiger partial charge in [-0.3, -0.25) is 4.68 Å². The van der Waals surface area contributed by atoms with Crippen LogP contribution in [0.5, 0.6) is 0 Å². The van der Waals surface area contributed by atoms with Gasteiger partial charge in [0.1, 0.15) is 0 Å². The van der Waals surface area contributed by atoms with Crippen LogP contribution in [-0.2, 0) is 13.6 Å². The molecule has 1 aromatic carbocycles. The number of benzene rings is 1. The van der Waals surface area contributed by atoms with Gasteiger partial charge in [0.2, 0.25) is 0 Å². The van der Waals surface area contributed by atoms with Gasteiger partial charge in [-0.25, -0.2) is 0 Å². The first-order valence-corrected chi connectivity index (χ1v) is 6.00. The fourth-order valence-corrected chi connectivity index (χ4v) is 1.97. The van der Waals surface area contributed by atoms with Crippen LogP contribution in [0.25, 0.3) is 0 Å². The van der Waals surface area contributed by atoms with Crippen molar-refractivity contribution in [1.82, 2.24) is 9.78 Å². The predicted octanol–water partition coefficient (Wildman–Crippen LogP) is 2.22. The van der Waals surface area contributed by atoms with Gasteiger partial charge in [0.25, 0.3) is 0 Å². The van der Waals surface area contributed by atoms with Crippen molar-refractivity contribution in [2.45, 2.75) is 6.54 Å². The van der Waals surface area contributed by atoms with E-state index in [4.69, 9.17) is 5.73 Å². The lowest BCUT2D eigenvalue weighted by Crippen LogP contribution is -2.06. The Labute approximate surface area is 108 Å². The second-order valence-electron chi connectivity index (χ2n) is 3.53. The van der Waals surface area contributed by atoms with E-state index in [1.54, 1.807) is 6.20 Å². The van der Waals surface area contributed by atoms with Crippen LogP contribution in [0.4, 0.5) is 11.4 Å². The van der Waals surface area contributed by atoms with E-state index in [-0.39, 0.29) is 0 Å². The van der Waals surface area contributed by atoms with Crippen LogP contribution >= 0.6 is 22.6 Å². The molecular formula is C11H13IN4. The topological polar surface area (TPSA) is 55.9 Å². The van der Waals surface area contributed by atoms with E-state index in [1.165, 1.54) is 0 Å². The second kappa shape index (κ2) is 4.73. The molecule has 0 fully saturated rings. The van der Waals surface area contributed by atoms with Crippen molar-refractivity contribution in [3.8, 4) is 0 Å². The minimum atomic E-state index is 0.724. The molecule has 4 nitrogen and oxygen atoms in total. The summed E-state index contributed by atoms with van der Waals surface area (Å²) in [5.74, 6) is 0. The number of nitrogens with one attached hydrogen (secondary N) is 1. The van der Waals surface area contributed by atoms with Crippen LogP contribution in [0, 0.1) is 3.57 Å². The van der Waals surface area contributed by atoms with Crippen molar-refractivity contribution in [3.05, 3.63) is 39.7 Å². The van der Waals surface area contributed by atoms with Crippen LogP contribution in [0.3, 0.4) is 0 Å². The highest BCUT2D eigenvalue weighted by atomic mass is 127. The van der Waals surface area contributed by atoms with Crippen LogP contribution in [0.15, 0.2) is 30.5 Å². The zero-order valence-electron chi connectivity index (χ0n) is 8.94. The third-order valence-corrected chi connectivity index (χ3v) is 3.07. The average Bonchev–Trinajstić information content (AvgIpc) is 2.63. The number of halogens is 1. The number of aryl methyl sites for hydroxylation is 1. The van der Waals surface area contributed by atoms with Gasteiger partial charge in [0.05, 0.1) is 23.6 Å². The first-order valence-electron chi connectivity index (χ1n) is 4.92. The molecule has 5 heteroatoms. The minimum Gasteiger partial charge on any atom is -0.397 e. The van der Waals surface area contributed by atoms with Gasteiger partial charge in [0, 0.05) is 16.8 Å². The van der Waals surface area contributed by atoms with E-state index in [2.05, 4.69) is 33.0 Å². The summed E-state index contributed by atoms with van der Waals surface area (Å²) in [6.45, 7) is 0.724. The fraction of sp³-hybridized carbons (Fsp3) is 0.182. The summed E-state index contributed by atoms with van der Waals surface area (Å²) in [4.78, 5) is 0. The zero-order valence-corrected chi connectivity index (χ0v) is 11.1.